The van der Waals surface area contributed by atoms with Crippen LogP contribution < -0.4 is 0 Å². The molecule has 152 valence electrons. The largest absolute Gasteiger partial charge is 0.224 e. The molecule has 0 unspecified atom stereocenters. The first-order valence-electron chi connectivity index (χ1n) is 8.84. The standard InChI is InChI=1S/C20H22Br2O4S2/c1-3-13-27(23,24)19(15-5-9-17(21)10-6-15)20(28(25,26)14-4-2)16-7-11-18(22)12-8-16/h5-12H,3-4,13-14H2,1-2H3/b20-19-. The second-order valence-electron chi connectivity index (χ2n) is 6.31. The fourth-order valence-electron chi connectivity index (χ4n) is 2.85. The second-order valence-corrected chi connectivity index (χ2v) is 12.2. The van der Waals surface area contributed by atoms with Crippen molar-refractivity contribution >= 4 is 61.3 Å². The summed E-state index contributed by atoms with van der Waals surface area (Å²) >= 11 is 6.68. The summed E-state index contributed by atoms with van der Waals surface area (Å²) in [5.41, 5.74) is 0.739. The van der Waals surface area contributed by atoms with Gasteiger partial charge in [0.15, 0.2) is 19.7 Å². The lowest BCUT2D eigenvalue weighted by Crippen LogP contribution is -2.16. The molecule has 0 aliphatic rings. The molecule has 0 spiro atoms. The van der Waals surface area contributed by atoms with Crippen LogP contribution in [0.15, 0.2) is 57.5 Å². The number of hydrogen-bond acceptors (Lipinski definition) is 4. The zero-order valence-corrected chi connectivity index (χ0v) is 20.5. The van der Waals surface area contributed by atoms with E-state index in [9.17, 15) is 16.8 Å². The Morgan fingerprint density at radius 1 is 0.643 bits per heavy atom. The SMILES string of the molecule is CCCS(=O)(=O)/C(=C(/c1ccc(Br)cc1)S(=O)(=O)CCC)c1ccc(Br)cc1. The number of hydrogen-bond donors (Lipinski definition) is 0. The molecule has 2 aromatic carbocycles. The molecule has 0 aliphatic carbocycles. The van der Waals surface area contributed by atoms with Gasteiger partial charge in [-0.15, -0.1) is 0 Å². The lowest BCUT2D eigenvalue weighted by Gasteiger charge is -2.17. The van der Waals surface area contributed by atoms with Crippen molar-refractivity contribution in [1.82, 2.24) is 0 Å². The van der Waals surface area contributed by atoms with Gasteiger partial charge >= 0.3 is 0 Å². The number of sulfone groups is 2. The van der Waals surface area contributed by atoms with E-state index in [1.54, 1.807) is 62.4 Å². The summed E-state index contributed by atoms with van der Waals surface area (Å²) in [5, 5.41) is 0. The quantitative estimate of drug-likeness (QED) is 0.397. The second kappa shape index (κ2) is 9.69. The van der Waals surface area contributed by atoms with E-state index >= 15 is 0 Å². The van der Waals surface area contributed by atoms with Gasteiger partial charge in [-0.3, -0.25) is 0 Å². The molecular formula is C20H22Br2O4S2. The minimum absolute atomic E-state index is 0.125. The Balaban J connectivity index is 2.98. The first-order valence-corrected chi connectivity index (χ1v) is 13.7. The minimum Gasteiger partial charge on any atom is -0.224 e. The van der Waals surface area contributed by atoms with Crippen LogP contribution in [-0.2, 0) is 19.7 Å². The number of rotatable bonds is 8. The molecule has 2 rings (SSSR count). The van der Waals surface area contributed by atoms with Gasteiger partial charge < -0.3 is 0 Å². The maximum atomic E-state index is 13.2. The average molecular weight is 550 g/mol. The zero-order valence-electron chi connectivity index (χ0n) is 15.7. The third kappa shape index (κ3) is 5.55. The van der Waals surface area contributed by atoms with Crippen LogP contribution in [0.2, 0.25) is 0 Å². The van der Waals surface area contributed by atoms with Gasteiger partial charge in [-0.05, 0) is 48.2 Å². The van der Waals surface area contributed by atoms with Crippen LogP contribution >= 0.6 is 31.9 Å². The fraction of sp³-hybridized carbons (Fsp3) is 0.300. The Hall–Kier alpha value is -0.960. The molecule has 0 radical (unpaired) electrons. The molecule has 4 nitrogen and oxygen atoms in total. The Labute approximate surface area is 184 Å². The molecule has 0 bridgehead atoms. The van der Waals surface area contributed by atoms with Crippen LogP contribution in [0.4, 0.5) is 0 Å². The van der Waals surface area contributed by atoms with E-state index in [0.717, 1.165) is 8.95 Å². The molecular weight excluding hydrogens is 528 g/mol. The van der Waals surface area contributed by atoms with Crippen molar-refractivity contribution in [2.45, 2.75) is 26.7 Å². The summed E-state index contributed by atoms with van der Waals surface area (Å²) in [5.74, 6) is -0.250. The molecule has 2 aromatic rings. The molecule has 0 heterocycles. The number of halogens is 2. The summed E-state index contributed by atoms with van der Waals surface area (Å²) in [6.45, 7) is 3.52. The third-order valence-electron chi connectivity index (χ3n) is 3.99. The number of benzene rings is 2. The third-order valence-corrected chi connectivity index (χ3v) is 9.19. The molecule has 0 amide bonds. The fourth-order valence-corrected chi connectivity index (χ4v) is 7.41. The lowest BCUT2D eigenvalue weighted by molar-refractivity contribution is 0.601. The van der Waals surface area contributed by atoms with E-state index in [1.165, 1.54) is 0 Å². The van der Waals surface area contributed by atoms with Crippen LogP contribution in [0.25, 0.3) is 9.81 Å². The van der Waals surface area contributed by atoms with E-state index in [4.69, 9.17) is 0 Å². The monoisotopic (exact) mass is 548 g/mol. The predicted molar refractivity (Wildman–Crippen MR) is 123 cm³/mol. The van der Waals surface area contributed by atoms with E-state index < -0.39 is 19.7 Å². The van der Waals surface area contributed by atoms with Gasteiger partial charge in [-0.2, -0.15) is 0 Å². The first kappa shape index (κ1) is 23.3. The topological polar surface area (TPSA) is 68.3 Å². The van der Waals surface area contributed by atoms with Crippen molar-refractivity contribution in [3.63, 3.8) is 0 Å². The van der Waals surface area contributed by atoms with E-state index in [-0.39, 0.29) is 21.3 Å². The summed E-state index contributed by atoms with van der Waals surface area (Å²) in [4.78, 5) is -0.254. The summed E-state index contributed by atoms with van der Waals surface area (Å²) < 4.78 is 54.4. The van der Waals surface area contributed by atoms with Gasteiger partial charge in [0.25, 0.3) is 0 Å². The van der Waals surface area contributed by atoms with Gasteiger partial charge in [0, 0.05) is 8.95 Å². The van der Waals surface area contributed by atoms with Gasteiger partial charge in [-0.1, -0.05) is 70.0 Å². The molecule has 0 aromatic heterocycles. The summed E-state index contributed by atoms with van der Waals surface area (Å²) in [6.07, 6.45) is 0.785. The van der Waals surface area contributed by atoms with Crippen molar-refractivity contribution in [1.29, 1.82) is 0 Å². The maximum absolute atomic E-state index is 13.2. The van der Waals surface area contributed by atoms with Gasteiger partial charge in [0.2, 0.25) is 0 Å². The molecule has 0 aliphatic heterocycles. The highest BCUT2D eigenvalue weighted by Crippen LogP contribution is 2.37. The molecule has 0 saturated heterocycles. The Bertz CT molecular complexity index is 967. The average Bonchev–Trinajstić information content (AvgIpc) is 2.61. The van der Waals surface area contributed by atoms with Crippen LogP contribution in [0.3, 0.4) is 0 Å². The highest BCUT2D eigenvalue weighted by Gasteiger charge is 2.31. The van der Waals surface area contributed by atoms with Crippen molar-refractivity contribution in [3.8, 4) is 0 Å². The predicted octanol–water partition coefficient (Wildman–Crippen LogP) is 5.69. The van der Waals surface area contributed by atoms with Gasteiger partial charge in [0.1, 0.15) is 0 Å². The smallest absolute Gasteiger partial charge is 0.180 e. The van der Waals surface area contributed by atoms with Gasteiger partial charge in [0.05, 0.1) is 21.3 Å². The maximum Gasteiger partial charge on any atom is 0.180 e. The zero-order chi connectivity index (χ0) is 20.9. The lowest BCUT2D eigenvalue weighted by atomic mass is 10.1. The minimum atomic E-state index is -3.82. The first-order chi connectivity index (χ1) is 13.1. The van der Waals surface area contributed by atoms with Crippen molar-refractivity contribution in [2.24, 2.45) is 0 Å². The molecule has 0 fully saturated rings. The van der Waals surface area contributed by atoms with Crippen molar-refractivity contribution in [3.05, 3.63) is 68.6 Å². The normalized spacial score (nSPS) is 13.3. The highest BCUT2D eigenvalue weighted by atomic mass is 79.9. The molecule has 0 N–H and O–H groups in total. The molecule has 0 saturated carbocycles. The summed E-state index contributed by atoms with van der Waals surface area (Å²) in [6, 6.07) is 13.4. The highest BCUT2D eigenvalue weighted by molar-refractivity contribution is 9.10. The van der Waals surface area contributed by atoms with Crippen molar-refractivity contribution in [2.75, 3.05) is 11.5 Å². The van der Waals surface area contributed by atoms with Gasteiger partial charge in [-0.25, -0.2) is 16.8 Å². The Kier molecular flexibility index (Phi) is 8.07. The van der Waals surface area contributed by atoms with Crippen LogP contribution in [0.5, 0.6) is 0 Å². The molecule has 28 heavy (non-hydrogen) atoms. The Morgan fingerprint density at radius 2 is 0.929 bits per heavy atom. The Morgan fingerprint density at radius 3 is 1.18 bits per heavy atom. The molecule has 0 atom stereocenters. The summed E-state index contributed by atoms with van der Waals surface area (Å²) in [7, 11) is -7.65. The molecule has 8 heteroatoms. The van der Waals surface area contributed by atoms with Crippen LogP contribution in [-0.4, -0.2) is 28.3 Å². The van der Waals surface area contributed by atoms with E-state index in [1.807, 2.05) is 0 Å². The van der Waals surface area contributed by atoms with Crippen molar-refractivity contribution < 1.29 is 16.8 Å². The van der Waals surface area contributed by atoms with Crippen LogP contribution in [0.1, 0.15) is 37.8 Å². The van der Waals surface area contributed by atoms with E-state index in [2.05, 4.69) is 31.9 Å². The van der Waals surface area contributed by atoms with E-state index in [0.29, 0.717) is 24.0 Å². The van der Waals surface area contributed by atoms with Crippen LogP contribution in [0, 0.1) is 0 Å².